The number of carboxylic acid groups (broad SMARTS) is 2. The number of aliphatic carboxylic acids is 2. The number of carboxylic acids is 2. The van der Waals surface area contributed by atoms with Crippen LogP contribution in [-0.4, -0.2) is 100 Å². The van der Waals surface area contributed by atoms with Gasteiger partial charge in [0, 0.05) is 24.3 Å². The molecule has 0 aliphatic carbocycles. The predicted molar refractivity (Wildman–Crippen MR) is 115 cm³/mol. The van der Waals surface area contributed by atoms with Gasteiger partial charge >= 0.3 is 24.0 Å². The largest absolute Gasteiger partial charge is 0.480 e. The Hall–Kier alpha value is -4.75. The van der Waals surface area contributed by atoms with E-state index in [4.69, 9.17) is 14.6 Å². The van der Waals surface area contributed by atoms with Crippen molar-refractivity contribution in [3.8, 4) is 0 Å². The first-order valence-corrected chi connectivity index (χ1v) is 9.81. The third-order valence-corrected chi connectivity index (χ3v) is 4.14. The zero-order valence-electron chi connectivity index (χ0n) is 18.3. The molecule has 1 heterocycles. The zero-order valence-corrected chi connectivity index (χ0v) is 18.3. The van der Waals surface area contributed by atoms with E-state index in [0.717, 1.165) is 12.2 Å². The first-order valence-electron chi connectivity index (χ1n) is 9.81. The minimum atomic E-state index is -1.80. The Morgan fingerprint density at radius 1 is 0.971 bits per heavy atom. The van der Waals surface area contributed by atoms with Gasteiger partial charge in [0.05, 0.1) is 13.1 Å². The van der Waals surface area contributed by atoms with Crippen LogP contribution in [0.5, 0.6) is 0 Å². The van der Waals surface area contributed by atoms with Crippen LogP contribution in [-0.2, 0) is 38.2 Å². The van der Waals surface area contributed by atoms with E-state index < -0.39 is 66.9 Å². The van der Waals surface area contributed by atoms with E-state index >= 15 is 0 Å². The van der Waals surface area contributed by atoms with E-state index in [2.05, 4.69) is 13.2 Å². The van der Waals surface area contributed by atoms with Gasteiger partial charge in [-0.15, -0.1) is 0 Å². The number of rotatable bonds is 14. The summed E-state index contributed by atoms with van der Waals surface area (Å²) >= 11 is 0. The molecule has 1 rings (SSSR count). The summed E-state index contributed by atoms with van der Waals surface area (Å²) in [5, 5.41) is 20.1. The molecule has 14 nitrogen and oxygen atoms in total. The minimum absolute atomic E-state index is 0.288. The van der Waals surface area contributed by atoms with Crippen molar-refractivity contribution in [1.82, 2.24) is 15.1 Å². The molecule has 0 spiro atoms. The van der Waals surface area contributed by atoms with Gasteiger partial charge in [0.15, 0.2) is 6.04 Å². The van der Waals surface area contributed by atoms with Gasteiger partial charge < -0.3 is 29.9 Å². The molecule has 2 unspecified atom stereocenters. The van der Waals surface area contributed by atoms with Gasteiger partial charge in [0.25, 0.3) is 11.8 Å². The number of ether oxygens (including phenoxy) is 2. The first kappa shape index (κ1) is 28.3. The molecular weight excluding hydrogens is 470 g/mol. The standard InChI is InChI=1S/C21H23N3O11/c1-3-9-34-20(32)14(24-16(26)6-7-17(24)27)12-23(21(33)35-10-4-2)11-13(19(30)31)22-15(25)5-8-18(28)29/h3-8,13-14H,1-2,9-12H2,(H,22,25)(H,28,29)(H,30,31)/b8-5-. The van der Waals surface area contributed by atoms with E-state index in [9.17, 15) is 38.7 Å². The van der Waals surface area contributed by atoms with Gasteiger partial charge in [-0.1, -0.05) is 25.3 Å². The number of hydrogen-bond acceptors (Lipinski definition) is 9. The summed E-state index contributed by atoms with van der Waals surface area (Å²) in [7, 11) is 0. The number of imide groups is 1. The molecular formula is C21H23N3O11. The number of nitrogens with zero attached hydrogens (tertiary/aromatic N) is 2. The van der Waals surface area contributed by atoms with E-state index in [1.165, 1.54) is 12.2 Å². The molecule has 0 fully saturated rings. The summed E-state index contributed by atoms with van der Waals surface area (Å²) in [6, 6.07) is -3.50. The van der Waals surface area contributed by atoms with Crippen molar-refractivity contribution in [2.75, 3.05) is 26.3 Å². The Kier molecular flexibility index (Phi) is 11.1. The lowest BCUT2D eigenvalue weighted by Gasteiger charge is -2.31. The highest BCUT2D eigenvalue weighted by atomic mass is 16.6. The minimum Gasteiger partial charge on any atom is -0.480 e. The molecule has 35 heavy (non-hydrogen) atoms. The molecule has 1 aliphatic heterocycles. The molecule has 4 amide bonds. The number of nitrogens with one attached hydrogen (secondary N) is 1. The SMILES string of the molecule is C=CCOC(=O)C(CN(CC(NC(=O)/C=C\C(=O)O)C(=O)O)C(=O)OCC=C)N1C(=O)C=CC1=O. The number of carbonyl (C=O) groups is 7. The smallest absolute Gasteiger partial charge is 0.410 e. The molecule has 0 radical (unpaired) electrons. The molecule has 3 N–H and O–H groups in total. The summed E-state index contributed by atoms with van der Waals surface area (Å²) in [6.45, 7) is 4.59. The lowest BCUT2D eigenvalue weighted by atomic mass is 10.2. The van der Waals surface area contributed by atoms with Crippen molar-refractivity contribution < 1.29 is 53.2 Å². The molecule has 0 saturated heterocycles. The van der Waals surface area contributed by atoms with Gasteiger partial charge in [-0.3, -0.25) is 19.3 Å². The molecule has 0 saturated carbocycles. The maximum absolute atomic E-state index is 12.6. The predicted octanol–water partition coefficient (Wildman–Crippen LogP) is -1.16. The van der Waals surface area contributed by atoms with Gasteiger partial charge in [-0.25, -0.2) is 19.2 Å². The fourth-order valence-electron chi connectivity index (χ4n) is 2.64. The van der Waals surface area contributed by atoms with Crippen LogP contribution in [0.2, 0.25) is 0 Å². The van der Waals surface area contributed by atoms with Crippen LogP contribution in [0, 0.1) is 0 Å². The summed E-state index contributed by atoms with van der Waals surface area (Å²) < 4.78 is 9.81. The summed E-state index contributed by atoms with van der Waals surface area (Å²) in [4.78, 5) is 84.8. The van der Waals surface area contributed by atoms with Crippen LogP contribution in [0.15, 0.2) is 49.6 Å². The highest BCUT2D eigenvalue weighted by Gasteiger charge is 2.40. The van der Waals surface area contributed by atoms with Gasteiger partial charge in [0.1, 0.15) is 19.3 Å². The van der Waals surface area contributed by atoms with E-state index in [1.54, 1.807) is 0 Å². The second-order valence-corrected chi connectivity index (χ2v) is 6.66. The van der Waals surface area contributed by atoms with E-state index in [-0.39, 0.29) is 13.2 Å². The molecule has 1 aliphatic rings. The van der Waals surface area contributed by atoms with Crippen molar-refractivity contribution in [3.63, 3.8) is 0 Å². The fourth-order valence-corrected chi connectivity index (χ4v) is 2.64. The maximum atomic E-state index is 12.6. The topological polar surface area (TPSA) is 197 Å². The second kappa shape index (κ2) is 13.7. The fraction of sp³-hybridized carbons (Fsp3) is 0.286. The molecule has 14 heteroatoms. The average molecular weight is 493 g/mol. The van der Waals surface area contributed by atoms with Crippen LogP contribution < -0.4 is 5.32 Å². The van der Waals surface area contributed by atoms with Crippen LogP contribution in [0.4, 0.5) is 4.79 Å². The third kappa shape index (κ3) is 8.95. The summed E-state index contributed by atoms with van der Waals surface area (Å²) in [6.07, 6.45) is 4.07. The van der Waals surface area contributed by atoms with E-state index in [0.29, 0.717) is 22.0 Å². The number of carbonyl (C=O) groups excluding carboxylic acids is 5. The lowest BCUT2D eigenvalue weighted by molar-refractivity contribution is -0.157. The highest BCUT2D eigenvalue weighted by molar-refractivity contribution is 6.14. The van der Waals surface area contributed by atoms with Crippen molar-refractivity contribution in [1.29, 1.82) is 0 Å². The molecule has 0 aromatic heterocycles. The Balaban J connectivity index is 3.26. The third-order valence-electron chi connectivity index (χ3n) is 4.14. The molecule has 0 aromatic carbocycles. The van der Waals surface area contributed by atoms with Crippen molar-refractivity contribution >= 4 is 41.7 Å². The van der Waals surface area contributed by atoms with Crippen LogP contribution >= 0.6 is 0 Å². The lowest BCUT2D eigenvalue weighted by Crippen LogP contribution is -2.56. The second-order valence-electron chi connectivity index (χ2n) is 6.66. The van der Waals surface area contributed by atoms with Crippen molar-refractivity contribution in [2.45, 2.75) is 12.1 Å². The average Bonchev–Trinajstić information content (AvgIpc) is 3.13. The zero-order chi connectivity index (χ0) is 26.5. The number of hydrogen-bond donors (Lipinski definition) is 3. The number of esters is 1. The van der Waals surface area contributed by atoms with Crippen molar-refractivity contribution in [3.05, 3.63) is 49.6 Å². The first-order chi connectivity index (χ1) is 16.5. The molecule has 2 atom stereocenters. The highest BCUT2D eigenvalue weighted by Crippen LogP contribution is 2.14. The van der Waals surface area contributed by atoms with Crippen LogP contribution in [0.3, 0.4) is 0 Å². The van der Waals surface area contributed by atoms with Crippen LogP contribution in [0.1, 0.15) is 0 Å². The van der Waals surface area contributed by atoms with Gasteiger partial charge in [0.2, 0.25) is 5.91 Å². The Morgan fingerprint density at radius 2 is 1.54 bits per heavy atom. The summed E-state index contributed by atoms with van der Waals surface area (Å²) in [5.74, 6) is -7.04. The number of amides is 4. The molecule has 188 valence electrons. The van der Waals surface area contributed by atoms with Gasteiger partial charge in [-0.05, 0) is 0 Å². The summed E-state index contributed by atoms with van der Waals surface area (Å²) in [5.41, 5.74) is 0. The van der Waals surface area contributed by atoms with Crippen LogP contribution in [0.25, 0.3) is 0 Å². The monoisotopic (exact) mass is 493 g/mol. The molecule has 0 aromatic rings. The maximum Gasteiger partial charge on any atom is 0.410 e. The van der Waals surface area contributed by atoms with Crippen molar-refractivity contribution in [2.24, 2.45) is 0 Å². The Morgan fingerprint density at radius 3 is 2.06 bits per heavy atom. The van der Waals surface area contributed by atoms with Gasteiger partial charge in [-0.2, -0.15) is 0 Å². The Bertz CT molecular complexity index is 952. The normalized spacial score (nSPS) is 14.2. The molecule has 0 bridgehead atoms. The Labute approximate surface area is 198 Å². The van der Waals surface area contributed by atoms with E-state index in [1.807, 2.05) is 5.32 Å². The quantitative estimate of drug-likeness (QED) is 0.114.